The molecule has 0 atom stereocenters. The third kappa shape index (κ3) is 4.03. The third-order valence-electron chi connectivity index (χ3n) is 4.45. The molecular weight excluding hydrogens is 324 g/mol. The van der Waals surface area contributed by atoms with Crippen LogP contribution in [0.25, 0.3) is 11.3 Å². The van der Waals surface area contributed by atoms with Gasteiger partial charge in [0.15, 0.2) is 0 Å². The highest BCUT2D eigenvalue weighted by Gasteiger charge is 2.20. The Kier molecular flexibility index (Phi) is 5.30. The van der Waals surface area contributed by atoms with Crippen LogP contribution in [0.15, 0.2) is 36.4 Å². The van der Waals surface area contributed by atoms with Gasteiger partial charge in [0.05, 0.1) is 10.7 Å². The van der Waals surface area contributed by atoms with E-state index in [0.717, 1.165) is 49.6 Å². The molecule has 1 amide bonds. The van der Waals surface area contributed by atoms with Crippen molar-refractivity contribution < 1.29 is 4.79 Å². The molecule has 24 heavy (non-hydrogen) atoms. The number of hydrogen-bond acceptors (Lipinski definition) is 4. The van der Waals surface area contributed by atoms with Crippen molar-refractivity contribution in [2.24, 2.45) is 5.92 Å². The van der Waals surface area contributed by atoms with Gasteiger partial charge in [0.1, 0.15) is 5.82 Å². The molecule has 2 aromatic rings. The quantitative estimate of drug-likeness (QED) is 0.922. The molecule has 5 nitrogen and oxygen atoms in total. The zero-order valence-electron chi connectivity index (χ0n) is 13.7. The van der Waals surface area contributed by atoms with Crippen LogP contribution in [-0.4, -0.2) is 40.6 Å². The number of likely N-dealkylation sites (tertiary alicyclic amines) is 1. The Hall–Kier alpha value is -2.14. The predicted molar refractivity (Wildman–Crippen MR) is 95.9 cm³/mol. The van der Waals surface area contributed by atoms with Gasteiger partial charge in [0.25, 0.3) is 0 Å². The molecule has 6 heteroatoms. The third-order valence-corrected chi connectivity index (χ3v) is 4.78. The molecule has 0 bridgehead atoms. The van der Waals surface area contributed by atoms with E-state index in [2.05, 4.69) is 15.5 Å². The van der Waals surface area contributed by atoms with E-state index >= 15 is 0 Å². The highest BCUT2D eigenvalue weighted by Crippen LogP contribution is 2.25. The SMILES string of the molecule is CC(=O)N1CCC(CNc2ccc(-c3ccccc3Cl)nn2)CC1. The summed E-state index contributed by atoms with van der Waals surface area (Å²) in [7, 11) is 0. The molecule has 2 heterocycles. The average molecular weight is 345 g/mol. The second-order valence-electron chi connectivity index (χ2n) is 6.11. The first-order valence-corrected chi connectivity index (χ1v) is 8.59. The largest absolute Gasteiger partial charge is 0.368 e. The van der Waals surface area contributed by atoms with Gasteiger partial charge >= 0.3 is 0 Å². The molecule has 1 aromatic carbocycles. The summed E-state index contributed by atoms with van der Waals surface area (Å²) in [4.78, 5) is 13.3. The van der Waals surface area contributed by atoms with E-state index in [1.807, 2.05) is 41.3 Å². The number of nitrogens with one attached hydrogen (secondary N) is 1. The van der Waals surface area contributed by atoms with Gasteiger partial charge in [-0.1, -0.05) is 29.8 Å². The average Bonchev–Trinajstić information content (AvgIpc) is 2.61. The fraction of sp³-hybridized carbons (Fsp3) is 0.389. The second kappa shape index (κ2) is 7.62. The topological polar surface area (TPSA) is 58.1 Å². The summed E-state index contributed by atoms with van der Waals surface area (Å²) in [5.41, 5.74) is 1.65. The number of benzene rings is 1. The van der Waals surface area contributed by atoms with Gasteiger partial charge in [-0.25, -0.2) is 0 Å². The smallest absolute Gasteiger partial charge is 0.219 e. The standard InChI is InChI=1S/C18H21ClN4O/c1-13(24)23-10-8-14(9-11-23)12-20-18-7-6-17(21-22-18)15-4-2-3-5-16(15)19/h2-7,14H,8-12H2,1H3,(H,20,22). The van der Waals surface area contributed by atoms with E-state index in [0.29, 0.717) is 10.9 Å². The molecule has 1 aliphatic rings. The van der Waals surface area contributed by atoms with Crippen LogP contribution in [0.1, 0.15) is 19.8 Å². The maximum Gasteiger partial charge on any atom is 0.219 e. The summed E-state index contributed by atoms with van der Waals surface area (Å²) in [6, 6.07) is 11.5. The summed E-state index contributed by atoms with van der Waals surface area (Å²) in [5.74, 6) is 1.49. The molecular formula is C18H21ClN4O. The van der Waals surface area contributed by atoms with Gasteiger partial charge in [-0.15, -0.1) is 10.2 Å². The first kappa shape index (κ1) is 16.7. The predicted octanol–water partition coefficient (Wildman–Crippen LogP) is 3.47. The first-order chi connectivity index (χ1) is 11.6. The van der Waals surface area contributed by atoms with Crippen molar-refractivity contribution in [2.45, 2.75) is 19.8 Å². The van der Waals surface area contributed by atoms with Gasteiger partial charge in [0, 0.05) is 32.1 Å². The van der Waals surface area contributed by atoms with Crippen LogP contribution in [0.4, 0.5) is 5.82 Å². The number of carbonyl (C=O) groups is 1. The van der Waals surface area contributed by atoms with Crippen molar-refractivity contribution in [1.29, 1.82) is 0 Å². The summed E-state index contributed by atoms with van der Waals surface area (Å²) in [6.07, 6.45) is 2.05. The lowest BCUT2D eigenvalue weighted by atomic mass is 9.97. The molecule has 3 rings (SSSR count). The normalized spacial score (nSPS) is 15.3. The Morgan fingerprint density at radius 2 is 1.96 bits per heavy atom. The van der Waals surface area contributed by atoms with Gasteiger partial charge in [-0.2, -0.15) is 0 Å². The van der Waals surface area contributed by atoms with E-state index < -0.39 is 0 Å². The second-order valence-corrected chi connectivity index (χ2v) is 6.52. The lowest BCUT2D eigenvalue weighted by Crippen LogP contribution is -2.38. The van der Waals surface area contributed by atoms with Crippen molar-refractivity contribution in [2.75, 3.05) is 25.0 Å². The van der Waals surface area contributed by atoms with Crippen LogP contribution in [0.3, 0.4) is 0 Å². The maximum atomic E-state index is 11.3. The summed E-state index contributed by atoms with van der Waals surface area (Å²) >= 11 is 6.18. The van der Waals surface area contributed by atoms with E-state index in [4.69, 9.17) is 11.6 Å². The molecule has 126 valence electrons. The van der Waals surface area contributed by atoms with Crippen LogP contribution in [0.5, 0.6) is 0 Å². The lowest BCUT2D eigenvalue weighted by Gasteiger charge is -2.31. The minimum Gasteiger partial charge on any atom is -0.368 e. The molecule has 0 spiro atoms. The van der Waals surface area contributed by atoms with E-state index in [-0.39, 0.29) is 5.91 Å². The van der Waals surface area contributed by atoms with Gasteiger partial charge in [0.2, 0.25) is 5.91 Å². The fourth-order valence-corrected chi connectivity index (χ4v) is 3.17. The number of nitrogens with zero attached hydrogens (tertiary/aromatic N) is 3. The first-order valence-electron chi connectivity index (χ1n) is 8.21. The van der Waals surface area contributed by atoms with E-state index in [9.17, 15) is 4.79 Å². The number of carbonyl (C=O) groups excluding carboxylic acids is 1. The molecule has 1 aliphatic heterocycles. The molecule has 1 fully saturated rings. The highest BCUT2D eigenvalue weighted by molar-refractivity contribution is 6.33. The summed E-state index contributed by atoms with van der Waals surface area (Å²) in [6.45, 7) is 4.18. The van der Waals surface area contributed by atoms with Crippen molar-refractivity contribution in [3.63, 3.8) is 0 Å². The lowest BCUT2D eigenvalue weighted by molar-refractivity contribution is -0.130. The zero-order chi connectivity index (χ0) is 16.9. The molecule has 1 N–H and O–H groups in total. The fourth-order valence-electron chi connectivity index (χ4n) is 2.94. The van der Waals surface area contributed by atoms with Crippen molar-refractivity contribution in [1.82, 2.24) is 15.1 Å². The van der Waals surface area contributed by atoms with Gasteiger partial charge in [-0.3, -0.25) is 4.79 Å². The van der Waals surface area contributed by atoms with Gasteiger partial charge in [-0.05, 0) is 37.0 Å². The number of hydrogen-bond donors (Lipinski definition) is 1. The molecule has 1 saturated heterocycles. The minimum atomic E-state index is 0.169. The van der Waals surface area contributed by atoms with Crippen molar-refractivity contribution in [3.05, 3.63) is 41.4 Å². The molecule has 0 unspecified atom stereocenters. The van der Waals surface area contributed by atoms with Crippen LogP contribution >= 0.6 is 11.6 Å². The molecule has 0 aliphatic carbocycles. The molecule has 0 saturated carbocycles. The molecule has 0 radical (unpaired) electrons. The van der Waals surface area contributed by atoms with E-state index in [1.54, 1.807) is 6.92 Å². The monoisotopic (exact) mass is 344 g/mol. The number of anilines is 1. The summed E-state index contributed by atoms with van der Waals surface area (Å²) < 4.78 is 0. The van der Waals surface area contributed by atoms with Crippen LogP contribution < -0.4 is 5.32 Å². The van der Waals surface area contributed by atoms with Crippen molar-refractivity contribution >= 4 is 23.3 Å². The zero-order valence-corrected chi connectivity index (χ0v) is 14.5. The number of amides is 1. The Bertz CT molecular complexity index is 696. The maximum absolute atomic E-state index is 11.3. The van der Waals surface area contributed by atoms with Crippen molar-refractivity contribution in [3.8, 4) is 11.3 Å². The molecule has 1 aromatic heterocycles. The Morgan fingerprint density at radius 1 is 1.21 bits per heavy atom. The van der Waals surface area contributed by atoms with Crippen LogP contribution in [0.2, 0.25) is 5.02 Å². The number of piperidine rings is 1. The Balaban J connectivity index is 1.54. The number of halogens is 1. The number of rotatable bonds is 4. The van der Waals surface area contributed by atoms with Gasteiger partial charge < -0.3 is 10.2 Å². The van der Waals surface area contributed by atoms with Crippen LogP contribution in [0, 0.1) is 5.92 Å². The Morgan fingerprint density at radius 3 is 2.58 bits per heavy atom. The minimum absolute atomic E-state index is 0.169. The number of aromatic nitrogens is 2. The Labute approximate surface area is 147 Å². The highest BCUT2D eigenvalue weighted by atomic mass is 35.5. The van der Waals surface area contributed by atoms with E-state index in [1.165, 1.54) is 0 Å². The van der Waals surface area contributed by atoms with Crippen LogP contribution in [-0.2, 0) is 4.79 Å². The summed E-state index contributed by atoms with van der Waals surface area (Å²) in [5, 5.41) is 12.5.